The number of hydrogen-bond acceptors (Lipinski definition) is 5. The zero-order chi connectivity index (χ0) is 23.7. The second kappa shape index (κ2) is 8.90. The third-order valence-electron chi connectivity index (χ3n) is 5.34. The molecule has 0 amide bonds. The van der Waals surface area contributed by atoms with E-state index in [0.29, 0.717) is 28.5 Å². The fraction of sp³-hybridized carbons (Fsp3) is 0.115. The standard InChI is InChI=1S/C26H19F2N3O3/c1-16(32)34-26-23(13-18-9-6-12-33-18)30-25-22(14-19-20(27)10-5-11-21(19)28)29-24(15-31(25)26)17-7-3-2-4-8-17/h2-12,15H,13-14H2,1H3. The first-order valence-corrected chi connectivity index (χ1v) is 10.6. The smallest absolute Gasteiger partial charge is 0.309 e. The first kappa shape index (κ1) is 21.5. The van der Waals surface area contributed by atoms with Crippen molar-refractivity contribution >= 4 is 11.6 Å². The largest absolute Gasteiger partial charge is 0.469 e. The van der Waals surface area contributed by atoms with Crippen molar-refractivity contribution in [1.29, 1.82) is 0 Å². The molecule has 6 nitrogen and oxygen atoms in total. The number of furan rings is 1. The SMILES string of the molecule is CC(=O)Oc1c(Cc2ccco2)nc2c(Cc3c(F)cccc3F)nc(-c3ccccc3)cn12. The average Bonchev–Trinajstić information content (AvgIpc) is 3.45. The number of carbonyl (C=O) groups is 1. The summed E-state index contributed by atoms with van der Waals surface area (Å²) < 4.78 is 41.6. The minimum atomic E-state index is -0.673. The summed E-state index contributed by atoms with van der Waals surface area (Å²) in [5.74, 6) is -1.05. The molecule has 5 aromatic rings. The summed E-state index contributed by atoms with van der Waals surface area (Å²) in [6.45, 7) is 1.30. The van der Waals surface area contributed by atoms with Crippen LogP contribution in [0.5, 0.6) is 5.88 Å². The molecule has 3 heterocycles. The third-order valence-corrected chi connectivity index (χ3v) is 5.34. The Labute approximate surface area is 193 Å². The Balaban J connectivity index is 1.74. The van der Waals surface area contributed by atoms with Crippen LogP contribution in [-0.4, -0.2) is 20.3 Å². The van der Waals surface area contributed by atoms with E-state index in [-0.39, 0.29) is 24.3 Å². The molecule has 0 saturated carbocycles. The van der Waals surface area contributed by atoms with Crippen LogP contribution in [0.3, 0.4) is 0 Å². The molecular formula is C26H19F2N3O3. The Hall–Kier alpha value is -4.33. The van der Waals surface area contributed by atoms with Gasteiger partial charge in [-0.2, -0.15) is 0 Å². The lowest BCUT2D eigenvalue weighted by atomic mass is 10.1. The molecule has 3 aromatic heterocycles. The molecule has 0 aliphatic rings. The van der Waals surface area contributed by atoms with Crippen LogP contribution < -0.4 is 4.74 Å². The van der Waals surface area contributed by atoms with Gasteiger partial charge in [0.15, 0.2) is 5.65 Å². The highest BCUT2D eigenvalue weighted by Gasteiger charge is 2.22. The Morgan fingerprint density at radius 2 is 1.71 bits per heavy atom. The monoisotopic (exact) mass is 459 g/mol. The molecule has 0 atom stereocenters. The van der Waals surface area contributed by atoms with Crippen molar-refractivity contribution in [2.24, 2.45) is 0 Å². The van der Waals surface area contributed by atoms with Gasteiger partial charge in [-0.25, -0.2) is 18.7 Å². The lowest BCUT2D eigenvalue weighted by Gasteiger charge is -2.10. The van der Waals surface area contributed by atoms with E-state index >= 15 is 0 Å². The van der Waals surface area contributed by atoms with Gasteiger partial charge in [-0.1, -0.05) is 36.4 Å². The molecule has 0 radical (unpaired) electrons. The Bertz CT molecular complexity index is 1460. The highest BCUT2D eigenvalue weighted by molar-refractivity contribution is 5.70. The Morgan fingerprint density at radius 1 is 0.941 bits per heavy atom. The van der Waals surface area contributed by atoms with Gasteiger partial charge in [0.05, 0.1) is 24.1 Å². The number of carbonyl (C=O) groups excluding carboxylic acids is 1. The molecule has 0 aliphatic heterocycles. The van der Waals surface area contributed by atoms with Crippen molar-refractivity contribution in [2.45, 2.75) is 19.8 Å². The molecule has 0 fully saturated rings. The number of rotatable bonds is 6. The van der Waals surface area contributed by atoms with Gasteiger partial charge in [-0.3, -0.25) is 9.20 Å². The summed E-state index contributed by atoms with van der Waals surface area (Å²) in [7, 11) is 0. The van der Waals surface area contributed by atoms with E-state index in [9.17, 15) is 13.6 Å². The molecule has 2 aromatic carbocycles. The minimum absolute atomic E-state index is 0.119. The molecule has 8 heteroatoms. The number of aromatic nitrogens is 3. The quantitative estimate of drug-likeness (QED) is 0.319. The van der Waals surface area contributed by atoms with Crippen LogP contribution in [0.4, 0.5) is 8.78 Å². The molecule has 0 unspecified atom stereocenters. The normalized spacial score (nSPS) is 11.1. The molecule has 0 bridgehead atoms. The molecular weight excluding hydrogens is 440 g/mol. The van der Waals surface area contributed by atoms with E-state index in [0.717, 1.165) is 5.56 Å². The summed E-state index contributed by atoms with van der Waals surface area (Å²) in [5, 5.41) is 0. The number of esters is 1. The zero-order valence-electron chi connectivity index (χ0n) is 18.2. The van der Waals surface area contributed by atoms with Gasteiger partial charge < -0.3 is 9.15 Å². The van der Waals surface area contributed by atoms with Crippen LogP contribution >= 0.6 is 0 Å². The second-order valence-electron chi connectivity index (χ2n) is 7.72. The lowest BCUT2D eigenvalue weighted by Crippen LogP contribution is -2.08. The first-order valence-electron chi connectivity index (χ1n) is 10.6. The van der Waals surface area contributed by atoms with Crippen molar-refractivity contribution in [3.05, 3.63) is 107 Å². The number of benzene rings is 2. The van der Waals surface area contributed by atoms with Crippen LogP contribution in [0.1, 0.15) is 29.6 Å². The summed E-state index contributed by atoms with van der Waals surface area (Å²) in [6.07, 6.45) is 3.35. The van der Waals surface area contributed by atoms with E-state index in [1.807, 2.05) is 30.3 Å². The Morgan fingerprint density at radius 3 is 2.38 bits per heavy atom. The first-order chi connectivity index (χ1) is 16.5. The lowest BCUT2D eigenvalue weighted by molar-refractivity contribution is -0.132. The van der Waals surface area contributed by atoms with E-state index in [4.69, 9.17) is 14.1 Å². The van der Waals surface area contributed by atoms with Crippen LogP contribution in [-0.2, 0) is 17.6 Å². The molecule has 5 rings (SSSR count). The molecule has 0 aliphatic carbocycles. The van der Waals surface area contributed by atoms with Crippen LogP contribution in [0.2, 0.25) is 0 Å². The van der Waals surface area contributed by atoms with Crippen LogP contribution in [0.25, 0.3) is 16.9 Å². The maximum absolute atomic E-state index is 14.5. The highest BCUT2D eigenvalue weighted by atomic mass is 19.1. The summed E-state index contributed by atoms with van der Waals surface area (Å²) in [5.41, 5.74) is 2.31. The van der Waals surface area contributed by atoms with E-state index in [1.165, 1.54) is 31.4 Å². The average molecular weight is 459 g/mol. The van der Waals surface area contributed by atoms with Crippen molar-refractivity contribution in [1.82, 2.24) is 14.4 Å². The van der Waals surface area contributed by atoms with Gasteiger partial charge in [0, 0.05) is 30.7 Å². The van der Waals surface area contributed by atoms with Gasteiger partial charge in [-0.05, 0) is 24.3 Å². The van der Waals surface area contributed by atoms with Crippen molar-refractivity contribution in [2.75, 3.05) is 0 Å². The molecule has 0 N–H and O–H groups in total. The van der Waals surface area contributed by atoms with Crippen molar-refractivity contribution in [3.8, 4) is 17.1 Å². The third kappa shape index (κ3) is 4.17. The number of hydrogen-bond donors (Lipinski definition) is 0. The zero-order valence-corrected chi connectivity index (χ0v) is 18.2. The van der Waals surface area contributed by atoms with Gasteiger partial charge in [0.25, 0.3) is 0 Å². The van der Waals surface area contributed by atoms with E-state index in [1.54, 1.807) is 22.7 Å². The predicted molar refractivity (Wildman–Crippen MR) is 120 cm³/mol. The minimum Gasteiger partial charge on any atom is -0.469 e. The van der Waals surface area contributed by atoms with Gasteiger partial charge in [0.1, 0.15) is 23.1 Å². The summed E-state index contributed by atoms with van der Waals surface area (Å²) in [4.78, 5) is 21.3. The van der Waals surface area contributed by atoms with Crippen molar-refractivity contribution < 1.29 is 22.7 Å². The highest BCUT2D eigenvalue weighted by Crippen LogP contribution is 2.30. The predicted octanol–water partition coefficient (Wildman–Crippen LogP) is 5.37. The second-order valence-corrected chi connectivity index (χ2v) is 7.72. The van der Waals surface area contributed by atoms with Crippen LogP contribution in [0.15, 0.2) is 77.5 Å². The van der Waals surface area contributed by atoms with E-state index < -0.39 is 17.6 Å². The maximum Gasteiger partial charge on any atom is 0.309 e. The molecule has 0 saturated heterocycles. The number of fused-ring (bicyclic) bond motifs is 1. The summed E-state index contributed by atoms with van der Waals surface area (Å²) >= 11 is 0. The Kier molecular flexibility index (Phi) is 5.63. The molecule has 0 spiro atoms. The van der Waals surface area contributed by atoms with Gasteiger partial charge in [0.2, 0.25) is 5.88 Å². The fourth-order valence-corrected chi connectivity index (χ4v) is 3.81. The number of imidazole rings is 1. The fourth-order valence-electron chi connectivity index (χ4n) is 3.81. The molecule has 170 valence electrons. The van der Waals surface area contributed by atoms with Crippen LogP contribution in [0, 0.1) is 11.6 Å². The van der Waals surface area contributed by atoms with Gasteiger partial charge >= 0.3 is 5.97 Å². The number of halogens is 2. The van der Waals surface area contributed by atoms with E-state index in [2.05, 4.69) is 4.98 Å². The topological polar surface area (TPSA) is 69.6 Å². The molecule has 34 heavy (non-hydrogen) atoms. The van der Waals surface area contributed by atoms with Gasteiger partial charge in [-0.15, -0.1) is 0 Å². The number of nitrogens with zero attached hydrogens (tertiary/aromatic N) is 3. The van der Waals surface area contributed by atoms with Crippen molar-refractivity contribution in [3.63, 3.8) is 0 Å². The maximum atomic E-state index is 14.5. The summed E-state index contributed by atoms with van der Waals surface area (Å²) in [6, 6.07) is 16.6. The number of ether oxygens (including phenoxy) is 1.